The van der Waals surface area contributed by atoms with Gasteiger partial charge in [-0.15, -0.1) is 0 Å². The zero-order valence-corrected chi connectivity index (χ0v) is 21.7. The molecule has 6 nitrogen and oxygen atoms in total. The van der Waals surface area contributed by atoms with Crippen molar-refractivity contribution in [1.82, 2.24) is 0 Å². The minimum absolute atomic E-state index is 0.0957. The summed E-state index contributed by atoms with van der Waals surface area (Å²) in [6.07, 6.45) is -0.336. The molecule has 1 aromatic carbocycles. The number of hydrogen-bond acceptors (Lipinski definition) is 6. The molecule has 2 rings (SSSR count). The van der Waals surface area contributed by atoms with Gasteiger partial charge in [-0.1, -0.05) is 45.0 Å². The Morgan fingerprint density at radius 1 is 0.879 bits per heavy atom. The summed E-state index contributed by atoms with van der Waals surface area (Å²) in [7, 11) is 0. The Morgan fingerprint density at radius 3 is 1.76 bits per heavy atom. The van der Waals surface area contributed by atoms with Crippen LogP contribution in [0.15, 0.2) is 24.3 Å². The Morgan fingerprint density at radius 2 is 1.33 bits per heavy atom. The molecule has 1 fully saturated rings. The number of benzene rings is 1. The van der Waals surface area contributed by atoms with Gasteiger partial charge in [-0.25, -0.2) is 0 Å². The van der Waals surface area contributed by atoms with Crippen LogP contribution in [0.2, 0.25) is 0 Å². The van der Waals surface area contributed by atoms with Crippen LogP contribution in [-0.4, -0.2) is 39.6 Å². The second-order valence-corrected chi connectivity index (χ2v) is 12.4. The van der Waals surface area contributed by atoms with Gasteiger partial charge in [0.25, 0.3) is 0 Å². The lowest BCUT2D eigenvalue weighted by atomic mass is 9.61. The topological polar surface area (TPSA) is 89.9 Å². The molecule has 1 aliphatic rings. The normalized spacial score (nSPS) is 26.6. The molecule has 1 saturated carbocycles. The van der Waals surface area contributed by atoms with E-state index in [-0.39, 0.29) is 11.8 Å². The highest BCUT2D eigenvalue weighted by molar-refractivity contribution is 6.03. The second kappa shape index (κ2) is 8.86. The molecular formula is C27H40O6. The van der Waals surface area contributed by atoms with E-state index in [4.69, 9.17) is 9.47 Å². The zero-order valence-electron chi connectivity index (χ0n) is 21.7. The average Bonchev–Trinajstić information content (AvgIpc) is 2.56. The molecule has 0 bridgehead atoms. The molecule has 0 radical (unpaired) electrons. The fourth-order valence-electron chi connectivity index (χ4n) is 4.35. The highest BCUT2D eigenvalue weighted by atomic mass is 16.6. The van der Waals surface area contributed by atoms with Crippen LogP contribution in [0.25, 0.3) is 0 Å². The molecular weight excluding hydrogens is 420 g/mol. The van der Waals surface area contributed by atoms with E-state index < -0.39 is 52.3 Å². The Kier molecular flexibility index (Phi) is 7.26. The van der Waals surface area contributed by atoms with E-state index in [9.17, 15) is 19.5 Å². The highest BCUT2D eigenvalue weighted by Crippen LogP contribution is 2.47. The summed E-state index contributed by atoms with van der Waals surface area (Å²) in [6, 6.07) is 7.52. The van der Waals surface area contributed by atoms with Gasteiger partial charge in [-0.05, 0) is 65.0 Å². The van der Waals surface area contributed by atoms with Gasteiger partial charge < -0.3 is 14.6 Å². The Hall–Kier alpha value is -2.21. The first-order chi connectivity index (χ1) is 14.7. The van der Waals surface area contributed by atoms with E-state index in [0.717, 1.165) is 5.56 Å². The first-order valence-corrected chi connectivity index (χ1v) is 11.5. The summed E-state index contributed by atoms with van der Waals surface area (Å²) >= 11 is 0. The number of carbonyl (C=O) groups excluding carboxylic acids is 3. The molecule has 0 unspecified atom stereocenters. The maximum Gasteiger partial charge on any atom is 0.317 e. The average molecular weight is 461 g/mol. The number of aliphatic hydroxyl groups is 1. The Bertz CT molecular complexity index is 891. The maximum absolute atomic E-state index is 13.4. The van der Waals surface area contributed by atoms with Crippen molar-refractivity contribution in [3.8, 4) is 0 Å². The Balaban J connectivity index is 2.66. The minimum Gasteiger partial charge on any atom is -0.460 e. The van der Waals surface area contributed by atoms with Gasteiger partial charge in [-0.3, -0.25) is 14.4 Å². The van der Waals surface area contributed by atoms with E-state index in [2.05, 4.69) is 20.8 Å². The standard InChI is InChI=1S/C27H40O6/c1-24(2,3)17-13-11-16(12-14-17)19-20(22(29)32-25(4,5)6)18(28)15-27(10,31)21(19)23(30)33-26(7,8)9/h11-14,19-21,31H,15H2,1-10H3/t19-,20-,21+,27-/m0/s1. The molecule has 0 aliphatic heterocycles. The van der Waals surface area contributed by atoms with Crippen LogP contribution in [0, 0.1) is 11.8 Å². The van der Waals surface area contributed by atoms with Crippen molar-refractivity contribution in [2.24, 2.45) is 11.8 Å². The number of rotatable bonds is 3. The quantitative estimate of drug-likeness (QED) is 0.519. The fourth-order valence-corrected chi connectivity index (χ4v) is 4.35. The van der Waals surface area contributed by atoms with Gasteiger partial charge in [0.15, 0.2) is 5.78 Å². The summed E-state index contributed by atoms with van der Waals surface area (Å²) in [6.45, 7) is 18.1. The van der Waals surface area contributed by atoms with Crippen LogP contribution in [-0.2, 0) is 29.3 Å². The fraction of sp³-hybridized carbons (Fsp3) is 0.667. The van der Waals surface area contributed by atoms with E-state index >= 15 is 0 Å². The predicted molar refractivity (Wildman–Crippen MR) is 127 cm³/mol. The van der Waals surface area contributed by atoms with Crippen molar-refractivity contribution >= 4 is 17.7 Å². The van der Waals surface area contributed by atoms with Crippen molar-refractivity contribution in [3.05, 3.63) is 35.4 Å². The number of Topliss-reactive ketones (excluding diaryl/α,β-unsaturated/α-hetero) is 1. The highest BCUT2D eigenvalue weighted by Gasteiger charge is 2.57. The monoisotopic (exact) mass is 460 g/mol. The van der Waals surface area contributed by atoms with Crippen molar-refractivity contribution in [2.45, 2.75) is 104 Å². The second-order valence-electron chi connectivity index (χ2n) is 12.4. The van der Waals surface area contributed by atoms with Crippen molar-refractivity contribution in [2.75, 3.05) is 0 Å². The van der Waals surface area contributed by atoms with Crippen LogP contribution >= 0.6 is 0 Å². The molecule has 4 atom stereocenters. The largest absolute Gasteiger partial charge is 0.460 e. The van der Waals surface area contributed by atoms with Crippen molar-refractivity contribution < 1.29 is 29.0 Å². The van der Waals surface area contributed by atoms with Crippen LogP contribution in [0.3, 0.4) is 0 Å². The predicted octanol–water partition coefficient (Wildman–Crippen LogP) is 4.71. The first-order valence-electron chi connectivity index (χ1n) is 11.5. The number of ether oxygens (including phenoxy) is 2. The lowest BCUT2D eigenvalue weighted by Gasteiger charge is -2.44. The van der Waals surface area contributed by atoms with E-state index in [1.54, 1.807) is 41.5 Å². The van der Waals surface area contributed by atoms with Crippen LogP contribution in [0.1, 0.15) is 92.7 Å². The van der Waals surface area contributed by atoms with Crippen LogP contribution in [0.4, 0.5) is 0 Å². The number of esters is 2. The molecule has 0 saturated heterocycles. The van der Waals surface area contributed by atoms with Gasteiger partial charge >= 0.3 is 11.9 Å². The SMILES string of the molecule is CC(C)(C)OC(=O)[C@H]1C(=O)C[C@](C)(O)[C@@H](C(=O)OC(C)(C)C)[C@H]1c1ccc(C(C)(C)C)cc1. The van der Waals surface area contributed by atoms with Crippen molar-refractivity contribution in [1.29, 1.82) is 0 Å². The summed E-state index contributed by atoms with van der Waals surface area (Å²) in [4.78, 5) is 39.8. The molecule has 184 valence electrons. The molecule has 6 heteroatoms. The summed E-state index contributed by atoms with van der Waals surface area (Å²) < 4.78 is 11.2. The molecule has 0 amide bonds. The minimum atomic E-state index is -1.68. The van der Waals surface area contributed by atoms with Gasteiger partial charge in [0.1, 0.15) is 17.1 Å². The van der Waals surface area contributed by atoms with Gasteiger partial charge in [-0.2, -0.15) is 0 Å². The van der Waals surface area contributed by atoms with Gasteiger partial charge in [0.2, 0.25) is 0 Å². The number of ketones is 1. The van der Waals surface area contributed by atoms with Gasteiger partial charge in [0.05, 0.1) is 11.5 Å². The summed E-state index contributed by atoms with van der Waals surface area (Å²) in [5.74, 6) is -5.03. The number of hydrogen-bond donors (Lipinski definition) is 1. The summed E-state index contributed by atoms with van der Waals surface area (Å²) in [5, 5.41) is 11.2. The Labute approximate surface area is 198 Å². The molecule has 1 N–H and O–H groups in total. The lowest BCUT2D eigenvalue weighted by Crippen LogP contribution is -2.56. The third-order valence-electron chi connectivity index (χ3n) is 5.75. The molecule has 0 aromatic heterocycles. The van der Waals surface area contributed by atoms with Crippen LogP contribution < -0.4 is 0 Å². The third-order valence-corrected chi connectivity index (χ3v) is 5.75. The molecule has 0 spiro atoms. The molecule has 1 aromatic rings. The van der Waals surface area contributed by atoms with Crippen LogP contribution in [0.5, 0.6) is 0 Å². The molecule has 33 heavy (non-hydrogen) atoms. The molecule has 0 heterocycles. The van der Waals surface area contributed by atoms with E-state index in [1.807, 2.05) is 24.3 Å². The lowest BCUT2D eigenvalue weighted by molar-refractivity contribution is -0.182. The maximum atomic E-state index is 13.4. The number of carbonyl (C=O) groups is 3. The summed E-state index contributed by atoms with van der Waals surface area (Å²) in [5.41, 5.74) is -1.69. The third kappa shape index (κ3) is 6.66. The van der Waals surface area contributed by atoms with E-state index in [0.29, 0.717) is 5.56 Å². The van der Waals surface area contributed by atoms with E-state index in [1.165, 1.54) is 6.92 Å². The first kappa shape index (κ1) is 27.0. The van der Waals surface area contributed by atoms with Gasteiger partial charge in [0, 0.05) is 12.3 Å². The molecule has 1 aliphatic carbocycles. The van der Waals surface area contributed by atoms with Crippen molar-refractivity contribution in [3.63, 3.8) is 0 Å². The smallest absolute Gasteiger partial charge is 0.317 e. The zero-order chi connectivity index (χ0) is 25.6.